The van der Waals surface area contributed by atoms with Crippen molar-refractivity contribution in [2.45, 2.75) is 6.54 Å². The summed E-state index contributed by atoms with van der Waals surface area (Å²) in [6.45, 7) is 0.335. The van der Waals surface area contributed by atoms with E-state index >= 15 is 0 Å². The minimum atomic E-state index is -1.01. The Balaban J connectivity index is 2.34. The van der Waals surface area contributed by atoms with Crippen molar-refractivity contribution in [3.05, 3.63) is 58.1 Å². The van der Waals surface area contributed by atoms with E-state index in [2.05, 4.69) is 15.9 Å². The van der Waals surface area contributed by atoms with Crippen molar-refractivity contribution < 1.29 is 13.5 Å². The fourth-order valence-electron chi connectivity index (χ4n) is 1.49. The van der Waals surface area contributed by atoms with Gasteiger partial charge >= 0.3 is 0 Å². The summed E-state index contributed by atoms with van der Waals surface area (Å²) >= 11 is 3.30. The molecule has 0 aliphatic carbocycles. The van der Waals surface area contributed by atoms with E-state index in [4.69, 9.17) is 10.5 Å². The first kappa shape index (κ1) is 13.0. The highest BCUT2D eigenvalue weighted by Gasteiger charge is 2.10. The molecule has 0 spiro atoms. The summed E-state index contributed by atoms with van der Waals surface area (Å²) < 4.78 is 32.5. The second-order valence-corrected chi connectivity index (χ2v) is 4.57. The number of hydrogen-bond acceptors (Lipinski definition) is 2. The fourth-order valence-corrected chi connectivity index (χ4v) is 2.01. The zero-order valence-corrected chi connectivity index (χ0v) is 10.9. The normalized spacial score (nSPS) is 10.4. The third-order valence-electron chi connectivity index (χ3n) is 2.31. The highest BCUT2D eigenvalue weighted by molar-refractivity contribution is 9.10. The van der Waals surface area contributed by atoms with Crippen LogP contribution < -0.4 is 10.5 Å². The Kier molecular flexibility index (Phi) is 3.93. The van der Waals surface area contributed by atoms with Crippen LogP contribution in [0, 0.1) is 11.6 Å². The van der Waals surface area contributed by atoms with Crippen molar-refractivity contribution in [2.24, 2.45) is 5.73 Å². The van der Waals surface area contributed by atoms with E-state index in [1.54, 1.807) is 12.1 Å². The number of benzene rings is 2. The van der Waals surface area contributed by atoms with Crippen LogP contribution in [0.4, 0.5) is 8.78 Å². The molecule has 2 aromatic carbocycles. The van der Waals surface area contributed by atoms with E-state index in [0.717, 1.165) is 16.1 Å². The molecule has 2 N–H and O–H groups in total. The second kappa shape index (κ2) is 5.46. The number of hydrogen-bond donors (Lipinski definition) is 1. The minimum Gasteiger partial charge on any atom is -0.454 e. The highest BCUT2D eigenvalue weighted by atomic mass is 79.9. The van der Waals surface area contributed by atoms with Crippen LogP contribution in [-0.4, -0.2) is 0 Å². The average molecular weight is 314 g/mol. The predicted octanol–water partition coefficient (Wildman–Crippen LogP) is 3.98. The number of ether oxygens (including phenoxy) is 1. The van der Waals surface area contributed by atoms with Gasteiger partial charge in [0.05, 0.1) is 0 Å². The molecular weight excluding hydrogens is 304 g/mol. The Morgan fingerprint density at radius 1 is 1.17 bits per heavy atom. The van der Waals surface area contributed by atoms with Crippen LogP contribution in [0.3, 0.4) is 0 Å². The zero-order valence-electron chi connectivity index (χ0n) is 9.29. The van der Waals surface area contributed by atoms with E-state index in [0.29, 0.717) is 12.3 Å². The standard InChI is InChI=1S/C13H10BrF2NO/c14-9-4-8(7-17)5-10(6-9)18-12-3-1-2-11(15)13(12)16/h1-6H,7,17H2. The predicted molar refractivity (Wildman–Crippen MR) is 68.5 cm³/mol. The third-order valence-corrected chi connectivity index (χ3v) is 2.77. The molecule has 0 unspecified atom stereocenters. The summed E-state index contributed by atoms with van der Waals surface area (Å²) in [6.07, 6.45) is 0. The molecule has 0 heterocycles. The molecule has 2 rings (SSSR count). The SMILES string of the molecule is NCc1cc(Br)cc(Oc2cccc(F)c2F)c1. The van der Waals surface area contributed by atoms with Crippen LogP contribution in [0.25, 0.3) is 0 Å². The molecule has 0 aliphatic rings. The smallest absolute Gasteiger partial charge is 0.201 e. The van der Waals surface area contributed by atoms with Gasteiger partial charge in [0.2, 0.25) is 5.82 Å². The lowest BCUT2D eigenvalue weighted by atomic mass is 10.2. The summed E-state index contributed by atoms with van der Waals surface area (Å²) in [7, 11) is 0. The van der Waals surface area contributed by atoms with Crippen LogP contribution in [0.1, 0.15) is 5.56 Å². The molecule has 2 nitrogen and oxygen atoms in total. The Bertz CT molecular complexity index is 575. The lowest BCUT2D eigenvalue weighted by Gasteiger charge is -2.09. The molecule has 2 aromatic rings. The number of halogens is 3. The topological polar surface area (TPSA) is 35.2 Å². The first-order valence-electron chi connectivity index (χ1n) is 5.21. The lowest BCUT2D eigenvalue weighted by molar-refractivity contribution is 0.415. The Morgan fingerprint density at radius 2 is 1.94 bits per heavy atom. The van der Waals surface area contributed by atoms with Gasteiger partial charge in [-0.15, -0.1) is 0 Å². The van der Waals surface area contributed by atoms with Gasteiger partial charge < -0.3 is 10.5 Å². The molecule has 0 aromatic heterocycles. The van der Waals surface area contributed by atoms with Crippen LogP contribution in [0.15, 0.2) is 40.9 Å². The Morgan fingerprint density at radius 3 is 2.67 bits per heavy atom. The van der Waals surface area contributed by atoms with E-state index in [-0.39, 0.29) is 5.75 Å². The van der Waals surface area contributed by atoms with Crippen molar-refractivity contribution >= 4 is 15.9 Å². The summed E-state index contributed by atoms with van der Waals surface area (Å²) in [4.78, 5) is 0. The minimum absolute atomic E-state index is 0.156. The molecule has 0 aliphatic heterocycles. The molecule has 0 fully saturated rings. The largest absolute Gasteiger partial charge is 0.454 e. The first-order valence-corrected chi connectivity index (χ1v) is 6.01. The van der Waals surface area contributed by atoms with Crippen LogP contribution in [-0.2, 0) is 6.54 Å². The van der Waals surface area contributed by atoms with E-state index in [9.17, 15) is 8.78 Å². The van der Waals surface area contributed by atoms with Gasteiger partial charge in [0, 0.05) is 11.0 Å². The van der Waals surface area contributed by atoms with Gasteiger partial charge in [0.15, 0.2) is 11.6 Å². The lowest BCUT2D eigenvalue weighted by Crippen LogP contribution is -1.97. The maximum atomic E-state index is 13.4. The molecule has 0 saturated carbocycles. The van der Waals surface area contributed by atoms with E-state index in [1.165, 1.54) is 12.1 Å². The number of rotatable bonds is 3. The summed E-state index contributed by atoms with van der Waals surface area (Å²) in [5.41, 5.74) is 6.35. The average Bonchev–Trinajstić information content (AvgIpc) is 2.34. The Labute approximate surface area is 112 Å². The number of nitrogens with two attached hydrogens (primary N) is 1. The van der Waals surface area contributed by atoms with Gasteiger partial charge in [-0.1, -0.05) is 22.0 Å². The molecule has 0 radical (unpaired) electrons. The van der Waals surface area contributed by atoms with Gasteiger partial charge in [-0.25, -0.2) is 4.39 Å². The summed E-state index contributed by atoms with van der Waals surface area (Å²) in [6, 6.07) is 8.94. The zero-order chi connectivity index (χ0) is 13.1. The Hall–Kier alpha value is -1.46. The molecule has 0 atom stereocenters. The first-order chi connectivity index (χ1) is 8.60. The fraction of sp³-hybridized carbons (Fsp3) is 0.0769. The summed E-state index contributed by atoms with van der Waals surface area (Å²) in [5.74, 6) is -1.71. The molecule has 18 heavy (non-hydrogen) atoms. The molecule has 0 saturated heterocycles. The molecule has 94 valence electrons. The second-order valence-electron chi connectivity index (χ2n) is 3.65. The molecular formula is C13H10BrF2NO. The van der Waals surface area contributed by atoms with Crippen molar-refractivity contribution in [1.82, 2.24) is 0 Å². The maximum absolute atomic E-state index is 13.4. The maximum Gasteiger partial charge on any atom is 0.201 e. The van der Waals surface area contributed by atoms with Gasteiger partial charge in [-0.2, -0.15) is 4.39 Å². The van der Waals surface area contributed by atoms with Crippen LogP contribution in [0.5, 0.6) is 11.5 Å². The van der Waals surface area contributed by atoms with Gasteiger partial charge in [-0.05, 0) is 35.9 Å². The van der Waals surface area contributed by atoms with Crippen molar-refractivity contribution in [1.29, 1.82) is 0 Å². The monoisotopic (exact) mass is 313 g/mol. The highest BCUT2D eigenvalue weighted by Crippen LogP contribution is 2.28. The van der Waals surface area contributed by atoms with Crippen LogP contribution >= 0.6 is 15.9 Å². The summed E-state index contributed by atoms with van der Waals surface area (Å²) in [5, 5.41) is 0. The van der Waals surface area contributed by atoms with Crippen molar-refractivity contribution in [2.75, 3.05) is 0 Å². The van der Waals surface area contributed by atoms with Gasteiger partial charge in [-0.3, -0.25) is 0 Å². The quantitative estimate of drug-likeness (QED) is 0.930. The van der Waals surface area contributed by atoms with Crippen molar-refractivity contribution in [3.8, 4) is 11.5 Å². The third kappa shape index (κ3) is 2.86. The van der Waals surface area contributed by atoms with E-state index < -0.39 is 11.6 Å². The van der Waals surface area contributed by atoms with Crippen LogP contribution in [0.2, 0.25) is 0 Å². The van der Waals surface area contributed by atoms with Gasteiger partial charge in [0.1, 0.15) is 5.75 Å². The molecule has 0 amide bonds. The van der Waals surface area contributed by atoms with E-state index in [1.807, 2.05) is 6.07 Å². The molecule has 5 heteroatoms. The molecule has 0 bridgehead atoms. The van der Waals surface area contributed by atoms with Crippen molar-refractivity contribution in [3.63, 3.8) is 0 Å². The van der Waals surface area contributed by atoms with Gasteiger partial charge in [0.25, 0.3) is 0 Å².